The van der Waals surface area contributed by atoms with Gasteiger partial charge >= 0.3 is 0 Å². The van der Waals surface area contributed by atoms with Crippen LogP contribution in [0.1, 0.15) is 48.9 Å². The zero-order valence-electron chi connectivity index (χ0n) is 23.4. The van der Waals surface area contributed by atoms with Crippen LogP contribution in [0.3, 0.4) is 0 Å². The molecule has 0 bridgehead atoms. The molecule has 2 aliphatic rings. The zero-order chi connectivity index (χ0) is 27.3. The molecule has 1 aliphatic carbocycles. The summed E-state index contributed by atoms with van der Waals surface area (Å²) in [6.45, 7) is 9.17. The molecule has 1 saturated heterocycles. The molecule has 202 valence electrons. The average molecular weight is 529 g/mol. The van der Waals surface area contributed by atoms with E-state index in [-0.39, 0.29) is 5.54 Å². The van der Waals surface area contributed by atoms with Crippen molar-refractivity contribution in [1.29, 1.82) is 5.26 Å². The van der Waals surface area contributed by atoms with Gasteiger partial charge in [0.15, 0.2) is 0 Å². The molecule has 6 heteroatoms. The summed E-state index contributed by atoms with van der Waals surface area (Å²) in [6.07, 6.45) is 4.71. The number of H-pyrrole nitrogens is 2. The Hall–Kier alpha value is -3.92. The predicted molar refractivity (Wildman–Crippen MR) is 161 cm³/mol. The van der Waals surface area contributed by atoms with Crippen molar-refractivity contribution in [2.75, 3.05) is 26.2 Å². The van der Waals surface area contributed by atoms with E-state index in [1.165, 1.54) is 30.2 Å². The monoisotopic (exact) mass is 528 g/mol. The number of nitrogens with one attached hydrogen (secondary N) is 2. The first-order chi connectivity index (χ1) is 19.6. The van der Waals surface area contributed by atoms with Gasteiger partial charge in [0.1, 0.15) is 5.69 Å². The maximum absolute atomic E-state index is 9.27. The molecule has 0 spiro atoms. The Morgan fingerprint density at radius 3 is 2.58 bits per heavy atom. The minimum atomic E-state index is -0.0560. The third-order valence-electron chi connectivity index (χ3n) is 9.73. The highest BCUT2D eigenvalue weighted by atomic mass is 15.3. The van der Waals surface area contributed by atoms with Gasteiger partial charge in [0.2, 0.25) is 0 Å². The molecule has 40 heavy (non-hydrogen) atoms. The molecule has 0 amide bonds. The molecule has 3 heterocycles. The fourth-order valence-corrected chi connectivity index (χ4v) is 7.20. The number of nitrogens with zero attached hydrogens (tertiary/aromatic N) is 4. The largest absolute Gasteiger partial charge is 0.353 e. The molecule has 2 aromatic heterocycles. The van der Waals surface area contributed by atoms with Crippen LogP contribution in [0.2, 0.25) is 0 Å². The third kappa shape index (κ3) is 4.13. The molecule has 2 N–H and O–H groups in total. The SMILES string of the molecule is CCC(C)(c1cccc2[nH]c(-c3n[nH]c4cc(C#N)ccc34)cc12)N1CCN(C2CCc3ccccc3C2)CC1. The molecule has 5 aromatic rings. The number of aromatic amines is 2. The second-order valence-electron chi connectivity index (χ2n) is 11.7. The van der Waals surface area contributed by atoms with Crippen LogP contribution in [0.5, 0.6) is 0 Å². The lowest BCUT2D eigenvalue weighted by atomic mass is 9.84. The van der Waals surface area contributed by atoms with Gasteiger partial charge in [0.25, 0.3) is 0 Å². The molecule has 7 rings (SSSR count). The van der Waals surface area contributed by atoms with Gasteiger partial charge in [-0.15, -0.1) is 0 Å². The van der Waals surface area contributed by atoms with Crippen LogP contribution in [0.4, 0.5) is 0 Å². The van der Waals surface area contributed by atoms with E-state index in [1.807, 2.05) is 18.2 Å². The lowest BCUT2D eigenvalue weighted by Crippen LogP contribution is -2.56. The van der Waals surface area contributed by atoms with E-state index in [1.54, 1.807) is 11.1 Å². The summed E-state index contributed by atoms with van der Waals surface area (Å²) in [5, 5.41) is 19.3. The zero-order valence-corrected chi connectivity index (χ0v) is 23.4. The van der Waals surface area contributed by atoms with Crippen molar-refractivity contribution in [2.24, 2.45) is 0 Å². The summed E-state index contributed by atoms with van der Waals surface area (Å²) in [5.74, 6) is 0. The Morgan fingerprint density at radius 1 is 0.950 bits per heavy atom. The first-order valence-corrected chi connectivity index (χ1v) is 14.6. The maximum Gasteiger partial charge on any atom is 0.116 e. The molecule has 0 radical (unpaired) electrons. The van der Waals surface area contributed by atoms with Gasteiger partial charge in [-0.2, -0.15) is 10.4 Å². The van der Waals surface area contributed by atoms with Crippen molar-refractivity contribution >= 4 is 21.8 Å². The van der Waals surface area contributed by atoms with Crippen molar-refractivity contribution in [3.63, 3.8) is 0 Å². The van der Waals surface area contributed by atoms with Gasteiger partial charge in [-0.1, -0.05) is 43.3 Å². The summed E-state index contributed by atoms with van der Waals surface area (Å²) >= 11 is 0. The molecule has 3 aromatic carbocycles. The van der Waals surface area contributed by atoms with Crippen LogP contribution >= 0.6 is 0 Å². The fraction of sp³-hybridized carbons (Fsp3) is 0.353. The highest BCUT2D eigenvalue weighted by Crippen LogP contribution is 2.39. The third-order valence-corrected chi connectivity index (χ3v) is 9.73. The molecular weight excluding hydrogens is 492 g/mol. The number of aromatic nitrogens is 3. The van der Waals surface area contributed by atoms with Crippen LogP contribution in [-0.4, -0.2) is 57.2 Å². The van der Waals surface area contributed by atoms with Gasteiger partial charge in [-0.25, -0.2) is 0 Å². The molecule has 1 aliphatic heterocycles. The number of fused-ring (bicyclic) bond motifs is 3. The first-order valence-electron chi connectivity index (χ1n) is 14.6. The van der Waals surface area contributed by atoms with Gasteiger partial charge in [0, 0.05) is 54.0 Å². The lowest BCUT2D eigenvalue weighted by molar-refractivity contribution is 0.0193. The Kier molecular flexibility index (Phi) is 6.22. The molecule has 1 fully saturated rings. The molecule has 6 nitrogen and oxygen atoms in total. The Balaban J connectivity index is 1.15. The number of aryl methyl sites for hydroxylation is 1. The number of hydrogen-bond acceptors (Lipinski definition) is 4. The van der Waals surface area contributed by atoms with Crippen LogP contribution < -0.4 is 0 Å². The molecular formula is C34H36N6. The lowest BCUT2D eigenvalue weighted by Gasteiger charge is -2.48. The molecule has 0 saturated carbocycles. The van der Waals surface area contributed by atoms with E-state index in [4.69, 9.17) is 0 Å². The average Bonchev–Trinajstić information content (AvgIpc) is 3.64. The van der Waals surface area contributed by atoms with Gasteiger partial charge in [0.05, 0.1) is 22.8 Å². The quantitative estimate of drug-likeness (QED) is 0.277. The number of hydrogen-bond donors (Lipinski definition) is 2. The van der Waals surface area contributed by atoms with Crippen LogP contribution in [0.25, 0.3) is 33.2 Å². The van der Waals surface area contributed by atoms with Gasteiger partial charge < -0.3 is 4.98 Å². The molecule has 2 unspecified atom stereocenters. The number of rotatable bonds is 5. The van der Waals surface area contributed by atoms with Crippen LogP contribution in [0.15, 0.2) is 66.7 Å². The minimum Gasteiger partial charge on any atom is -0.353 e. The number of benzene rings is 3. The standard InChI is InChI=1S/C34H36N6/c1-3-34(2,40-17-15-39(16-18-40)26-13-12-24-7-4-5-8-25(24)20-26)29-9-6-10-30-28(29)21-32(36-30)33-27-14-11-23(22-35)19-31(27)37-38-33/h4-11,14,19,21,26,36H,3,12-13,15-18,20H2,1-2H3,(H,37,38). The summed E-state index contributed by atoms with van der Waals surface area (Å²) in [6, 6.07) is 26.5. The van der Waals surface area contributed by atoms with Gasteiger partial charge in [-0.3, -0.25) is 14.9 Å². The summed E-state index contributed by atoms with van der Waals surface area (Å²) < 4.78 is 0. The van der Waals surface area contributed by atoms with E-state index >= 15 is 0 Å². The van der Waals surface area contributed by atoms with E-state index < -0.39 is 0 Å². The van der Waals surface area contributed by atoms with Crippen molar-refractivity contribution < 1.29 is 0 Å². The van der Waals surface area contributed by atoms with E-state index in [2.05, 4.69) is 93.4 Å². The van der Waals surface area contributed by atoms with Gasteiger partial charge in [-0.05, 0) is 79.6 Å². The van der Waals surface area contributed by atoms with Crippen molar-refractivity contribution in [3.8, 4) is 17.5 Å². The smallest absolute Gasteiger partial charge is 0.116 e. The van der Waals surface area contributed by atoms with E-state index in [0.717, 1.165) is 60.4 Å². The predicted octanol–water partition coefficient (Wildman–Crippen LogP) is 6.38. The normalized spacial score (nSPS) is 19.9. The summed E-state index contributed by atoms with van der Waals surface area (Å²) in [4.78, 5) is 9.11. The number of nitriles is 1. The van der Waals surface area contributed by atoms with Crippen LogP contribution in [0, 0.1) is 11.3 Å². The van der Waals surface area contributed by atoms with Crippen molar-refractivity contribution in [3.05, 3.63) is 89.0 Å². The minimum absolute atomic E-state index is 0.0560. The second-order valence-corrected chi connectivity index (χ2v) is 11.7. The maximum atomic E-state index is 9.27. The Labute approximate surface area is 235 Å². The van der Waals surface area contributed by atoms with Crippen molar-refractivity contribution in [1.82, 2.24) is 25.0 Å². The van der Waals surface area contributed by atoms with Crippen LogP contribution in [-0.2, 0) is 18.4 Å². The second kappa shape index (κ2) is 9.92. The Morgan fingerprint density at radius 2 is 1.77 bits per heavy atom. The van der Waals surface area contributed by atoms with E-state index in [0.29, 0.717) is 11.6 Å². The molecule has 2 atom stereocenters. The highest BCUT2D eigenvalue weighted by Gasteiger charge is 2.37. The first kappa shape index (κ1) is 25.1. The summed E-state index contributed by atoms with van der Waals surface area (Å²) in [5.41, 5.74) is 8.95. The summed E-state index contributed by atoms with van der Waals surface area (Å²) in [7, 11) is 0. The van der Waals surface area contributed by atoms with Crippen molar-refractivity contribution in [2.45, 2.75) is 51.1 Å². The Bertz CT molecular complexity index is 1730. The topological polar surface area (TPSA) is 74.7 Å². The van der Waals surface area contributed by atoms with E-state index in [9.17, 15) is 5.26 Å². The number of piperazine rings is 1. The highest BCUT2D eigenvalue weighted by molar-refractivity contribution is 5.97. The fourth-order valence-electron chi connectivity index (χ4n) is 7.20.